The lowest BCUT2D eigenvalue weighted by atomic mass is 10.1. The lowest BCUT2D eigenvalue weighted by Gasteiger charge is -2.31. The van der Waals surface area contributed by atoms with Crippen LogP contribution in [0.15, 0.2) is 0 Å². The predicted octanol–water partition coefficient (Wildman–Crippen LogP) is 1.37. The van der Waals surface area contributed by atoms with Gasteiger partial charge in [-0.1, -0.05) is 0 Å². The number of rotatable bonds is 6. The van der Waals surface area contributed by atoms with E-state index in [1.54, 1.807) is 0 Å². The fourth-order valence-electron chi connectivity index (χ4n) is 2.84. The maximum Gasteiger partial charge on any atom is 0.0600 e. The van der Waals surface area contributed by atoms with Crippen molar-refractivity contribution in [2.75, 3.05) is 52.4 Å². The minimum atomic E-state index is 0. The number of likely N-dealkylation sites (tertiary alicyclic amines) is 2. The van der Waals surface area contributed by atoms with Crippen LogP contribution in [0, 0.1) is 0 Å². The molecule has 0 aliphatic carbocycles. The molecule has 0 aromatic heterocycles. The Bertz CT molecular complexity index is 208. The summed E-state index contributed by atoms with van der Waals surface area (Å²) >= 11 is 0. The van der Waals surface area contributed by atoms with Gasteiger partial charge in [-0.15, -0.1) is 24.8 Å². The van der Waals surface area contributed by atoms with Crippen LogP contribution in [0.25, 0.3) is 0 Å². The van der Waals surface area contributed by atoms with Crippen LogP contribution in [0.1, 0.15) is 25.7 Å². The average molecular weight is 314 g/mol. The highest BCUT2D eigenvalue weighted by Crippen LogP contribution is 2.13. The number of nitrogens with zero attached hydrogens (tertiary/aromatic N) is 2. The summed E-state index contributed by atoms with van der Waals surface area (Å²) in [6.45, 7) is 8.74. The van der Waals surface area contributed by atoms with Gasteiger partial charge in [0.1, 0.15) is 0 Å². The first-order valence-corrected chi connectivity index (χ1v) is 7.15. The molecule has 2 saturated heterocycles. The van der Waals surface area contributed by atoms with Gasteiger partial charge in [-0.25, -0.2) is 0 Å². The summed E-state index contributed by atoms with van der Waals surface area (Å²) in [4.78, 5) is 4.96. The van der Waals surface area contributed by atoms with Crippen molar-refractivity contribution in [2.45, 2.75) is 31.8 Å². The normalized spacial score (nSPS) is 21.9. The second-order valence-corrected chi connectivity index (χ2v) is 5.25. The lowest BCUT2D eigenvalue weighted by Crippen LogP contribution is -2.40. The number of halogens is 2. The van der Waals surface area contributed by atoms with Gasteiger partial charge in [0.25, 0.3) is 0 Å². The molecule has 116 valence electrons. The van der Waals surface area contributed by atoms with Crippen molar-refractivity contribution in [2.24, 2.45) is 5.73 Å². The molecule has 0 unspecified atom stereocenters. The Morgan fingerprint density at radius 2 is 1.47 bits per heavy atom. The second kappa shape index (κ2) is 11.1. The van der Waals surface area contributed by atoms with Crippen LogP contribution in [0.2, 0.25) is 0 Å². The van der Waals surface area contributed by atoms with Crippen LogP contribution in [-0.4, -0.2) is 68.3 Å². The number of hydrogen-bond donors (Lipinski definition) is 1. The summed E-state index contributed by atoms with van der Waals surface area (Å²) in [7, 11) is 0. The maximum atomic E-state index is 5.97. The van der Waals surface area contributed by atoms with Crippen LogP contribution in [0.4, 0.5) is 0 Å². The number of piperidine rings is 1. The van der Waals surface area contributed by atoms with Gasteiger partial charge in [-0.3, -0.25) is 0 Å². The molecule has 6 heteroatoms. The molecule has 4 nitrogen and oxygen atoms in total. The first kappa shape index (κ1) is 19.4. The summed E-state index contributed by atoms with van der Waals surface area (Å²) in [5.41, 5.74) is 5.57. The van der Waals surface area contributed by atoms with Crippen LogP contribution >= 0.6 is 24.8 Å². The largest absolute Gasteiger partial charge is 0.377 e. The lowest BCUT2D eigenvalue weighted by molar-refractivity contribution is 0.000892. The van der Waals surface area contributed by atoms with Crippen LogP contribution in [0.5, 0.6) is 0 Å². The minimum absolute atomic E-state index is 0. The molecule has 2 N–H and O–H groups in total. The molecule has 0 amide bonds. The van der Waals surface area contributed by atoms with Crippen molar-refractivity contribution in [1.29, 1.82) is 0 Å². The zero-order chi connectivity index (χ0) is 11.9. The summed E-state index contributed by atoms with van der Waals surface area (Å²) in [6.07, 6.45) is 5.60. The second-order valence-electron chi connectivity index (χ2n) is 5.25. The topological polar surface area (TPSA) is 41.7 Å². The SMILES string of the molecule is Cl.Cl.NCCN1CCC(OCCN2CCCC2)CC1. The first-order valence-electron chi connectivity index (χ1n) is 7.15. The van der Waals surface area contributed by atoms with E-state index in [2.05, 4.69) is 9.80 Å². The third-order valence-corrected chi connectivity index (χ3v) is 3.94. The number of ether oxygens (including phenoxy) is 1. The molecule has 2 heterocycles. The van der Waals surface area contributed by atoms with Crippen molar-refractivity contribution in [3.8, 4) is 0 Å². The molecule has 0 aromatic carbocycles. The van der Waals surface area contributed by atoms with E-state index in [9.17, 15) is 0 Å². The maximum absolute atomic E-state index is 5.97. The smallest absolute Gasteiger partial charge is 0.0600 e. The van der Waals surface area contributed by atoms with Gasteiger partial charge in [-0.2, -0.15) is 0 Å². The molecule has 0 saturated carbocycles. The highest BCUT2D eigenvalue weighted by Gasteiger charge is 2.19. The van der Waals surface area contributed by atoms with E-state index in [1.165, 1.54) is 38.8 Å². The molecule has 0 bridgehead atoms. The molecular weight excluding hydrogens is 285 g/mol. The van der Waals surface area contributed by atoms with E-state index in [1.807, 2.05) is 0 Å². The standard InChI is InChI=1S/C13H27N3O.2ClH/c14-5-10-16-8-3-13(4-9-16)17-12-11-15-6-1-2-7-15;;/h13H,1-12,14H2;2*1H. The van der Waals surface area contributed by atoms with Crippen LogP contribution < -0.4 is 5.73 Å². The average Bonchev–Trinajstić information content (AvgIpc) is 2.85. The Hall–Kier alpha value is 0.420. The molecule has 2 aliphatic rings. The Balaban J connectivity index is 0.00000162. The fourth-order valence-corrected chi connectivity index (χ4v) is 2.84. The zero-order valence-electron chi connectivity index (χ0n) is 11.8. The number of nitrogens with two attached hydrogens (primary N) is 1. The van der Waals surface area contributed by atoms with Gasteiger partial charge in [0.2, 0.25) is 0 Å². The van der Waals surface area contributed by atoms with Crippen molar-refractivity contribution >= 4 is 24.8 Å². The summed E-state index contributed by atoms with van der Waals surface area (Å²) in [5.74, 6) is 0. The summed E-state index contributed by atoms with van der Waals surface area (Å²) in [5, 5.41) is 0. The fraction of sp³-hybridized carbons (Fsp3) is 1.00. The van der Waals surface area contributed by atoms with E-state index in [0.29, 0.717) is 6.10 Å². The molecule has 2 fully saturated rings. The van der Waals surface area contributed by atoms with Crippen molar-refractivity contribution < 1.29 is 4.74 Å². The van der Waals surface area contributed by atoms with Crippen molar-refractivity contribution in [3.63, 3.8) is 0 Å². The van der Waals surface area contributed by atoms with E-state index < -0.39 is 0 Å². The third kappa shape index (κ3) is 7.11. The Kier molecular flexibility index (Phi) is 11.4. The quantitative estimate of drug-likeness (QED) is 0.804. The first-order chi connectivity index (χ1) is 8.38. The zero-order valence-corrected chi connectivity index (χ0v) is 13.4. The third-order valence-electron chi connectivity index (χ3n) is 3.94. The minimum Gasteiger partial charge on any atom is -0.377 e. The molecule has 0 aromatic rings. The molecule has 2 aliphatic heterocycles. The van der Waals surface area contributed by atoms with E-state index >= 15 is 0 Å². The van der Waals surface area contributed by atoms with Crippen molar-refractivity contribution in [1.82, 2.24) is 9.80 Å². The molecule has 0 radical (unpaired) electrons. The summed E-state index contributed by atoms with van der Waals surface area (Å²) in [6, 6.07) is 0. The van der Waals surface area contributed by atoms with Gasteiger partial charge in [-0.05, 0) is 38.8 Å². The van der Waals surface area contributed by atoms with Gasteiger partial charge in [0.05, 0.1) is 12.7 Å². The number of hydrogen-bond acceptors (Lipinski definition) is 4. The van der Waals surface area contributed by atoms with E-state index in [0.717, 1.165) is 39.3 Å². The summed E-state index contributed by atoms with van der Waals surface area (Å²) < 4.78 is 5.97. The van der Waals surface area contributed by atoms with Gasteiger partial charge in [0.15, 0.2) is 0 Å². The molecular formula is C13H29Cl2N3O. The monoisotopic (exact) mass is 313 g/mol. The predicted molar refractivity (Wildman–Crippen MR) is 84.6 cm³/mol. The van der Waals surface area contributed by atoms with E-state index in [-0.39, 0.29) is 24.8 Å². The van der Waals surface area contributed by atoms with E-state index in [4.69, 9.17) is 10.5 Å². The molecule has 2 rings (SSSR count). The van der Waals surface area contributed by atoms with Gasteiger partial charge >= 0.3 is 0 Å². The van der Waals surface area contributed by atoms with Crippen LogP contribution in [-0.2, 0) is 4.74 Å². The molecule has 19 heavy (non-hydrogen) atoms. The Morgan fingerprint density at radius 1 is 0.895 bits per heavy atom. The van der Waals surface area contributed by atoms with Crippen molar-refractivity contribution in [3.05, 3.63) is 0 Å². The molecule has 0 atom stereocenters. The Morgan fingerprint density at radius 3 is 2.05 bits per heavy atom. The highest BCUT2D eigenvalue weighted by molar-refractivity contribution is 5.85. The van der Waals surface area contributed by atoms with Crippen LogP contribution in [0.3, 0.4) is 0 Å². The van der Waals surface area contributed by atoms with Gasteiger partial charge < -0.3 is 20.3 Å². The highest BCUT2D eigenvalue weighted by atomic mass is 35.5. The molecule has 0 spiro atoms. The van der Waals surface area contributed by atoms with Gasteiger partial charge in [0, 0.05) is 32.7 Å². The Labute approximate surface area is 129 Å².